The highest BCUT2D eigenvalue weighted by Crippen LogP contribution is 2.12. The molecule has 8 heavy (non-hydrogen) atoms. The molecular weight excluding hydrogens is 96.1 g/mol. The van der Waals surface area contributed by atoms with Crippen molar-refractivity contribution < 1.29 is 0 Å². The highest BCUT2D eigenvalue weighted by molar-refractivity contribution is 4.68. The fourth-order valence-corrected chi connectivity index (χ4v) is 0.977. The summed E-state index contributed by atoms with van der Waals surface area (Å²) in [6.07, 6.45) is 6.31. The Balaban J connectivity index is 3.07. The fourth-order valence-electron chi connectivity index (χ4n) is 0.977. The predicted octanol–water partition coefficient (Wildman–Crippen LogP) is 3.04. The second kappa shape index (κ2) is 5.02. The monoisotopic (exact) mass is 113 g/mol. The molecule has 0 aromatic rings. The van der Waals surface area contributed by atoms with Crippen LogP contribution in [0, 0.1) is 12.3 Å². The van der Waals surface area contributed by atoms with Crippen LogP contribution in [0.25, 0.3) is 0 Å². The Morgan fingerprint density at radius 3 is 2.12 bits per heavy atom. The van der Waals surface area contributed by atoms with E-state index in [-0.39, 0.29) is 0 Å². The minimum atomic E-state index is 0.875. The molecular formula is C8H17+. The zero-order chi connectivity index (χ0) is 6.41. The molecule has 0 aliphatic heterocycles. The van der Waals surface area contributed by atoms with Crippen LogP contribution in [0.15, 0.2) is 0 Å². The summed E-state index contributed by atoms with van der Waals surface area (Å²) in [4.78, 5) is 0. The number of hydrogen-bond donors (Lipinski definition) is 0. The van der Waals surface area contributed by atoms with Gasteiger partial charge in [0.2, 0.25) is 0 Å². The Hall–Kier alpha value is -0.130. The Morgan fingerprint density at radius 1 is 1.38 bits per heavy atom. The van der Waals surface area contributed by atoms with Crippen LogP contribution in [-0.2, 0) is 0 Å². The summed E-state index contributed by atoms with van der Waals surface area (Å²) < 4.78 is 0. The van der Waals surface area contributed by atoms with Gasteiger partial charge < -0.3 is 0 Å². The van der Waals surface area contributed by atoms with Gasteiger partial charge >= 0.3 is 0 Å². The van der Waals surface area contributed by atoms with Crippen molar-refractivity contribution in [2.24, 2.45) is 5.92 Å². The molecule has 0 amide bonds. The Bertz CT molecular complexity index is 35.3. The zero-order valence-corrected chi connectivity index (χ0v) is 6.28. The lowest BCUT2D eigenvalue weighted by molar-refractivity contribution is 0.529. The number of rotatable bonds is 4. The van der Waals surface area contributed by atoms with Crippen LogP contribution < -0.4 is 0 Å². The molecule has 0 heteroatoms. The first-order valence-electron chi connectivity index (χ1n) is 3.64. The van der Waals surface area contributed by atoms with Crippen molar-refractivity contribution in [2.75, 3.05) is 0 Å². The van der Waals surface area contributed by atoms with Crippen molar-refractivity contribution >= 4 is 0 Å². The van der Waals surface area contributed by atoms with Gasteiger partial charge in [0.15, 0.2) is 0 Å². The quantitative estimate of drug-likeness (QED) is 0.491. The molecule has 0 rings (SSSR count). The van der Waals surface area contributed by atoms with Gasteiger partial charge in [-0.05, 0) is 12.8 Å². The first kappa shape index (κ1) is 7.87. The molecule has 0 spiro atoms. The Kier molecular flexibility index (Phi) is 4.93. The lowest BCUT2D eigenvalue weighted by Crippen LogP contribution is -1.95. The van der Waals surface area contributed by atoms with Crippen LogP contribution in [0.3, 0.4) is 0 Å². The maximum absolute atomic E-state index is 2.31. The van der Waals surface area contributed by atoms with E-state index in [2.05, 4.69) is 27.2 Å². The van der Waals surface area contributed by atoms with Crippen LogP contribution in [-0.4, -0.2) is 0 Å². The van der Waals surface area contributed by atoms with E-state index in [4.69, 9.17) is 0 Å². The van der Waals surface area contributed by atoms with Gasteiger partial charge in [0.1, 0.15) is 0 Å². The van der Waals surface area contributed by atoms with Crippen LogP contribution in [0.1, 0.15) is 40.0 Å². The number of hydrogen-bond acceptors (Lipinski definition) is 0. The minimum Gasteiger partial charge on any atom is -0.0652 e. The van der Waals surface area contributed by atoms with E-state index in [0.717, 1.165) is 5.92 Å². The van der Waals surface area contributed by atoms with Crippen molar-refractivity contribution in [1.82, 2.24) is 0 Å². The molecule has 0 heterocycles. The van der Waals surface area contributed by atoms with E-state index >= 15 is 0 Å². The van der Waals surface area contributed by atoms with E-state index in [9.17, 15) is 0 Å². The molecule has 1 atom stereocenters. The zero-order valence-electron chi connectivity index (χ0n) is 6.28. The maximum Gasteiger partial charge on any atom is 0.0971 e. The fraction of sp³-hybridized carbons (Fsp3) is 0.875. The lowest BCUT2D eigenvalue weighted by Gasteiger charge is -1.99. The van der Waals surface area contributed by atoms with Gasteiger partial charge in [-0.15, -0.1) is 0 Å². The largest absolute Gasteiger partial charge is 0.0971 e. The van der Waals surface area contributed by atoms with Gasteiger partial charge in [0.05, 0.1) is 19.3 Å². The lowest BCUT2D eigenvalue weighted by atomic mass is 9.98. The van der Waals surface area contributed by atoms with Gasteiger partial charge in [-0.3, -0.25) is 0 Å². The standard InChI is InChI=1S/C8H17/c1-4-7-8(5-2)6-3/h5,8H,4,6-7H2,1-3H3/q+1. The third-order valence-corrected chi connectivity index (χ3v) is 1.66. The Morgan fingerprint density at radius 2 is 2.00 bits per heavy atom. The van der Waals surface area contributed by atoms with Gasteiger partial charge in [-0.2, -0.15) is 0 Å². The second-order valence-corrected chi connectivity index (χ2v) is 2.29. The molecule has 0 nitrogen and oxygen atoms in total. The third kappa shape index (κ3) is 2.95. The normalized spacial score (nSPS) is 13.4. The summed E-state index contributed by atoms with van der Waals surface area (Å²) >= 11 is 0. The van der Waals surface area contributed by atoms with E-state index < -0.39 is 0 Å². The SMILES string of the molecule is C[CH+]C(CC)CCC. The summed E-state index contributed by atoms with van der Waals surface area (Å²) in [5.74, 6) is 0.875. The molecule has 0 aliphatic carbocycles. The topological polar surface area (TPSA) is 0 Å². The summed E-state index contributed by atoms with van der Waals surface area (Å²) in [6.45, 7) is 6.65. The van der Waals surface area contributed by atoms with E-state index in [0.29, 0.717) is 0 Å². The molecule has 0 aromatic carbocycles. The highest BCUT2D eigenvalue weighted by atomic mass is 14.0. The molecule has 1 unspecified atom stereocenters. The van der Waals surface area contributed by atoms with Gasteiger partial charge in [0, 0.05) is 0 Å². The molecule has 0 saturated heterocycles. The van der Waals surface area contributed by atoms with Gasteiger partial charge in [-0.1, -0.05) is 20.3 Å². The summed E-state index contributed by atoms with van der Waals surface area (Å²) in [5.41, 5.74) is 0. The van der Waals surface area contributed by atoms with E-state index in [1.54, 1.807) is 0 Å². The maximum atomic E-state index is 2.31. The van der Waals surface area contributed by atoms with Crippen molar-refractivity contribution in [1.29, 1.82) is 0 Å². The van der Waals surface area contributed by atoms with Crippen LogP contribution >= 0.6 is 0 Å². The molecule has 0 fully saturated rings. The first-order chi connectivity index (χ1) is 3.85. The van der Waals surface area contributed by atoms with Crippen molar-refractivity contribution in [3.8, 4) is 0 Å². The molecule has 0 radical (unpaired) electrons. The molecule has 0 saturated carbocycles. The minimum absolute atomic E-state index is 0.875. The van der Waals surface area contributed by atoms with Crippen LogP contribution in [0.4, 0.5) is 0 Å². The van der Waals surface area contributed by atoms with E-state index in [1.807, 2.05) is 0 Å². The first-order valence-corrected chi connectivity index (χ1v) is 3.64. The second-order valence-electron chi connectivity index (χ2n) is 2.29. The van der Waals surface area contributed by atoms with E-state index in [1.165, 1.54) is 19.3 Å². The average Bonchev–Trinajstić information content (AvgIpc) is 1.83. The van der Waals surface area contributed by atoms with Crippen LogP contribution in [0.5, 0.6) is 0 Å². The third-order valence-electron chi connectivity index (χ3n) is 1.66. The molecule has 0 aromatic heterocycles. The van der Waals surface area contributed by atoms with Crippen LogP contribution in [0.2, 0.25) is 0 Å². The summed E-state index contributed by atoms with van der Waals surface area (Å²) in [6, 6.07) is 0. The summed E-state index contributed by atoms with van der Waals surface area (Å²) in [7, 11) is 0. The molecule has 0 aliphatic rings. The molecule has 0 bridgehead atoms. The smallest absolute Gasteiger partial charge is 0.0652 e. The molecule has 0 N–H and O–H groups in total. The highest BCUT2D eigenvalue weighted by Gasteiger charge is 2.07. The average molecular weight is 113 g/mol. The predicted molar refractivity (Wildman–Crippen MR) is 38.7 cm³/mol. The Labute approximate surface area is 53.3 Å². The van der Waals surface area contributed by atoms with Gasteiger partial charge in [0.25, 0.3) is 0 Å². The summed E-state index contributed by atoms with van der Waals surface area (Å²) in [5, 5.41) is 0. The van der Waals surface area contributed by atoms with Crippen molar-refractivity contribution in [3.05, 3.63) is 6.42 Å². The van der Waals surface area contributed by atoms with Crippen molar-refractivity contribution in [3.63, 3.8) is 0 Å². The van der Waals surface area contributed by atoms with Gasteiger partial charge in [-0.25, -0.2) is 0 Å². The molecule has 48 valence electrons. The van der Waals surface area contributed by atoms with Crippen molar-refractivity contribution in [2.45, 2.75) is 40.0 Å².